The van der Waals surface area contributed by atoms with Gasteiger partial charge in [-0.25, -0.2) is 0 Å². The van der Waals surface area contributed by atoms with Crippen molar-refractivity contribution in [3.05, 3.63) is 58.4 Å². The molecule has 0 radical (unpaired) electrons. The third kappa shape index (κ3) is 3.93. The van der Waals surface area contributed by atoms with Crippen molar-refractivity contribution in [3.8, 4) is 0 Å². The summed E-state index contributed by atoms with van der Waals surface area (Å²) < 4.78 is 2.09. The zero-order chi connectivity index (χ0) is 18.8. The highest BCUT2D eigenvalue weighted by Gasteiger charge is 2.24. The van der Waals surface area contributed by atoms with Crippen molar-refractivity contribution < 1.29 is 9.90 Å². The molecule has 1 amide bonds. The van der Waals surface area contributed by atoms with Crippen LogP contribution < -0.4 is 0 Å². The molecule has 2 aromatic heterocycles. The van der Waals surface area contributed by atoms with Gasteiger partial charge in [-0.2, -0.15) is 0 Å². The van der Waals surface area contributed by atoms with E-state index in [-0.39, 0.29) is 5.91 Å². The van der Waals surface area contributed by atoms with Crippen molar-refractivity contribution in [2.45, 2.75) is 12.5 Å². The number of aliphatic hydroxyl groups excluding tert-OH is 1. The molecule has 0 saturated carbocycles. The molecule has 1 aliphatic rings. The normalized spacial score (nSPS) is 16.7. The standard InChI is InChI=1S/C21H25N3O2S/c1-22-14-16(17-5-2-3-6-18(17)22)13-21(26)24-10-8-23(9-11-24)15-19(25)20-7-4-12-27-20/h2-7,12,14,19,25H,8-11,13,15H2,1H3/t19-/m0/s1. The van der Waals surface area contributed by atoms with Gasteiger partial charge in [-0.05, 0) is 23.1 Å². The molecule has 27 heavy (non-hydrogen) atoms. The maximum Gasteiger partial charge on any atom is 0.227 e. The van der Waals surface area contributed by atoms with Crippen LogP contribution in [0.2, 0.25) is 0 Å². The van der Waals surface area contributed by atoms with E-state index < -0.39 is 6.10 Å². The van der Waals surface area contributed by atoms with Crippen LogP contribution >= 0.6 is 11.3 Å². The van der Waals surface area contributed by atoms with Crippen LogP contribution in [0.25, 0.3) is 10.9 Å². The Hall–Kier alpha value is -2.15. The number of carbonyl (C=O) groups is 1. The van der Waals surface area contributed by atoms with Gasteiger partial charge in [0, 0.05) is 61.7 Å². The first-order valence-corrected chi connectivity index (χ1v) is 10.2. The number of hydrogen-bond acceptors (Lipinski definition) is 4. The predicted molar refractivity (Wildman–Crippen MR) is 109 cm³/mol. The van der Waals surface area contributed by atoms with Crippen molar-refractivity contribution in [2.75, 3.05) is 32.7 Å². The highest BCUT2D eigenvalue weighted by molar-refractivity contribution is 7.10. The van der Waals surface area contributed by atoms with Crippen LogP contribution in [0.1, 0.15) is 16.5 Å². The van der Waals surface area contributed by atoms with Gasteiger partial charge >= 0.3 is 0 Å². The van der Waals surface area contributed by atoms with Gasteiger partial charge in [0.2, 0.25) is 5.91 Å². The van der Waals surface area contributed by atoms with Crippen LogP contribution in [0.15, 0.2) is 48.0 Å². The number of fused-ring (bicyclic) bond motifs is 1. The van der Waals surface area contributed by atoms with E-state index >= 15 is 0 Å². The van der Waals surface area contributed by atoms with E-state index in [0.717, 1.165) is 47.5 Å². The minimum Gasteiger partial charge on any atom is -0.386 e. The highest BCUT2D eigenvalue weighted by Crippen LogP contribution is 2.22. The Morgan fingerprint density at radius 2 is 1.93 bits per heavy atom. The van der Waals surface area contributed by atoms with Gasteiger partial charge in [0.25, 0.3) is 0 Å². The van der Waals surface area contributed by atoms with E-state index in [1.807, 2.05) is 41.6 Å². The lowest BCUT2D eigenvalue weighted by Gasteiger charge is -2.35. The minimum absolute atomic E-state index is 0.185. The van der Waals surface area contributed by atoms with Crippen LogP contribution in [-0.2, 0) is 18.3 Å². The molecule has 142 valence electrons. The summed E-state index contributed by atoms with van der Waals surface area (Å²) in [6.07, 6.45) is 2.07. The quantitative estimate of drug-likeness (QED) is 0.737. The first-order valence-electron chi connectivity index (χ1n) is 9.36. The van der Waals surface area contributed by atoms with E-state index in [1.54, 1.807) is 11.3 Å². The average molecular weight is 384 g/mol. The zero-order valence-electron chi connectivity index (χ0n) is 15.5. The van der Waals surface area contributed by atoms with Gasteiger partial charge in [0.15, 0.2) is 0 Å². The van der Waals surface area contributed by atoms with Gasteiger partial charge in [-0.3, -0.25) is 9.69 Å². The maximum absolute atomic E-state index is 12.8. The number of benzene rings is 1. The molecule has 1 aliphatic heterocycles. The number of amides is 1. The fraction of sp³-hybridized carbons (Fsp3) is 0.381. The zero-order valence-corrected chi connectivity index (χ0v) is 16.4. The number of hydrogen-bond donors (Lipinski definition) is 1. The second kappa shape index (κ2) is 7.84. The lowest BCUT2D eigenvalue weighted by molar-refractivity contribution is -0.132. The van der Waals surface area contributed by atoms with E-state index in [0.29, 0.717) is 13.0 Å². The number of aliphatic hydroxyl groups is 1. The molecule has 0 aliphatic carbocycles. The van der Waals surface area contributed by atoms with E-state index in [2.05, 4.69) is 27.8 Å². The number of β-amino-alcohol motifs (C(OH)–C–C–N with tert-alkyl or cyclic N) is 1. The summed E-state index contributed by atoms with van der Waals surface area (Å²) in [4.78, 5) is 18.0. The molecule has 1 fully saturated rings. The van der Waals surface area contributed by atoms with Gasteiger partial charge in [-0.1, -0.05) is 24.3 Å². The van der Waals surface area contributed by atoms with Crippen molar-refractivity contribution >= 4 is 28.1 Å². The molecule has 4 rings (SSSR count). The number of piperazine rings is 1. The van der Waals surface area contributed by atoms with Crippen molar-refractivity contribution in [2.24, 2.45) is 7.05 Å². The van der Waals surface area contributed by atoms with Crippen LogP contribution in [-0.4, -0.2) is 58.1 Å². The molecule has 0 spiro atoms. The molecule has 5 nitrogen and oxygen atoms in total. The number of aromatic nitrogens is 1. The Morgan fingerprint density at radius 3 is 2.67 bits per heavy atom. The second-order valence-corrected chi connectivity index (χ2v) is 8.15. The topological polar surface area (TPSA) is 48.7 Å². The summed E-state index contributed by atoms with van der Waals surface area (Å²) in [6, 6.07) is 12.2. The maximum atomic E-state index is 12.8. The lowest BCUT2D eigenvalue weighted by atomic mass is 10.1. The Bertz CT molecular complexity index is 911. The fourth-order valence-corrected chi connectivity index (χ4v) is 4.54. The average Bonchev–Trinajstić information content (AvgIpc) is 3.32. The number of thiophene rings is 1. The molecule has 6 heteroatoms. The molecule has 3 heterocycles. The third-order valence-electron chi connectivity index (χ3n) is 5.35. The molecule has 0 bridgehead atoms. The van der Waals surface area contributed by atoms with Crippen molar-refractivity contribution in [3.63, 3.8) is 0 Å². The Labute approximate surface area is 163 Å². The smallest absolute Gasteiger partial charge is 0.227 e. The Kier molecular flexibility index (Phi) is 5.29. The molecule has 1 N–H and O–H groups in total. The highest BCUT2D eigenvalue weighted by atomic mass is 32.1. The molecule has 1 saturated heterocycles. The van der Waals surface area contributed by atoms with E-state index in [1.165, 1.54) is 0 Å². The Morgan fingerprint density at radius 1 is 1.15 bits per heavy atom. The first kappa shape index (κ1) is 18.2. The fourth-order valence-electron chi connectivity index (χ4n) is 3.84. The molecule has 1 aromatic carbocycles. The summed E-state index contributed by atoms with van der Waals surface area (Å²) in [7, 11) is 2.02. The molecule has 3 aromatic rings. The van der Waals surface area contributed by atoms with Crippen LogP contribution in [0, 0.1) is 0 Å². The van der Waals surface area contributed by atoms with Crippen molar-refractivity contribution in [1.82, 2.24) is 14.4 Å². The first-order chi connectivity index (χ1) is 13.1. The van der Waals surface area contributed by atoms with E-state index in [9.17, 15) is 9.90 Å². The summed E-state index contributed by atoms with van der Waals surface area (Å²) in [5.41, 5.74) is 2.25. The molecule has 0 unspecified atom stereocenters. The van der Waals surface area contributed by atoms with E-state index in [4.69, 9.17) is 0 Å². The van der Waals surface area contributed by atoms with Crippen LogP contribution in [0.3, 0.4) is 0 Å². The molecular formula is C21H25N3O2S. The third-order valence-corrected chi connectivity index (χ3v) is 6.32. The summed E-state index contributed by atoms with van der Waals surface area (Å²) >= 11 is 1.59. The number of carbonyl (C=O) groups excluding carboxylic acids is 1. The van der Waals surface area contributed by atoms with Crippen LogP contribution in [0.5, 0.6) is 0 Å². The largest absolute Gasteiger partial charge is 0.386 e. The van der Waals surface area contributed by atoms with Gasteiger partial charge in [-0.15, -0.1) is 11.3 Å². The SMILES string of the molecule is Cn1cc(CC(=O)N2CCN(C[C@H](O)c3cccs3)CC2)c2ccccc21. The molecular weight excluding hydrogens is 358 g/mol. The van der Waals surface area contributed by atoms with Crippen molar-refractivity contribution in [1.29, 1.82) is 0 Å². The predicted octanol–water partition coefficient (Wildman–Crippen LogP) is 2.66. The minimum atomic E-state index is -0.442. The van der Waals surface area contributed by atoms with Crippen LogP contribution in [0.4, 0.5) is 0 Å². The van der Waals surface area contributed by atoms with Gasteiger partial charge in [0.1, 0.15) is 6.10 Å². The Balaban J connectivity index is 1.33. The lowest BCUT2D eigenvalue weighted by Crippen LogP contribution is -2.49. The number of para-hydroxylation sites is 1. The van der Waals surface area contributed by atoms with Gasteiger partial charge in [0.05, 0.1) is 6.42 Å². The number of aryl methyl sites for hydroxylation is 1. The summed E-state index contributed by atoms with van der Waals surface area (Å²) in [6.45, 7) is 3.70. The van der Waals surface area contributed by atoms with Gasteiger partial charge < -0.3 is 14.6 Å². The number of rotatable bonds is 5. The molecule has 1 atom stereocenters. The number of nitrogens with zero attached hydrogens (tertiary/aromatic N) is 3. The second-order valence-electron chi connectivity index (χ2n) is 7.17. The monoisotopic (exact) mass is 383 g/mol. The summed E-state index contributed by atoms with van der Waals surface area (Å²) in [5.74, 6) is 0.185. The summed E-state index contributed by atoms with van der Waals surface area (Å²) in [5, 5.41) is 13.5.